The van der Waals surface area contributed by atoms with E-state index in [1.54, 1.807) is 0 Å². The van der Waals surface area contributed by atoms with Crippen LogP contribution in [-0.2, 0) is 28.6 Å². The van der Waals surface area contributed by atoms with E-state index in [0.29, 0.717) is 19.3 Å². The Morgan fingerprint density at radius 3 is 0.840 bits per heavy atom. The van der Waals surface area contributed by atoms with E-state index in [1.807, 2.05) is 0 Å². The van der Waals surface area contributed by atoms with Crippen LogP contribution in [0.5, 0.6) is 0 Å². The van der Waals surface area contributed by atoms with Gasteiger partial charge in [-0.1, -0.05) is 256 Å². The van der Waals surface area contributed by atoms with Gasteiger partial charge in [0, 0.05) is 19.3 Å². The second-order valence-electron chi connectivity index (χ2n) is 19.5. The van der Waals surface area contributed by atoms with Crippen molar-refractivity contribution in [3.05, 3.63) is 146 Å². The van der Waals surface area contributed by atoms with E-state index < -0.39 is 6.10 Å². The molecular formula is C69H110O6. The van der Waals surface area contributed by atoms with Crippen molar-refractivity contribution in [2.75, 3.05) is 13.2 Å². The molecule has 0 bridgehead atoms. The molecule has 0 aromatic carbocycles. The van der Waals surface area contributed by atoms with Crippen molar-refractivity contribution in [3.63, 3.8) is 0 Å². The highest BCUT2D eigenvalue weighted by molar-refractivity contribution is 5.71. The van der Waals surface area contributed by atoms with Crippen LogP contribution in [0, 0.1) is 0 Å². The topological polar surface area (TPSA) is 78.9 Å². The lowest BCUT2D eigenvalue weighted by Crippen LogP contribution is -2.30. The average molecular weight is 1040 g/mol. The van der Waals surface area contributed by atoms with Gasteiger partial charge in [0.05, 0.1) is 0 Å². The second kappa shape index (κ2) is 61.8. The maximum absolute atomic E-state index is 12.9. The van der Waals surface area contributed by atoms with Crippen LogP contribution in [-0.4, -0.2) is 37.2 Å². The predicted octanol–water partition coefficient (Wildman–Crippen LogP) is 20.8. The predicted molar refractivity (Wildman–Crippen MR) is 325 cm³/mol. The number of carbonyl (C=O) groups excluding carboxylic acids is 3. The zero-order chi connectivity index (χ0) is 54.3. The van der Waals surface area contributed by atoms with Gasteiger partial charge in [-0.05, 0) is 122 Å². The summed E-state index contributed by atoms with van der Waals surface area (Å²) in [4.78, 5) is 38.2. The van der Waals surface area contributed by atoms with Gasteiger partial charge in [0.15, 0.2) is 6.10 Å². The van der Waals surface area contributed by atoms with Gasteiger partial charge in [0.1, 0.15) is 13.2 Å². The summed E-state index contributed by atoms with van der Waals surface area (Å²) in [6.45, 7) is 6.35. The molecule has 0 aliphatic rings. The summed E-state index contributed by atoms with van der Waals surface area (Å²) < 4.78 is 16.8. The molecule has 0 aliphatic carbocycles. The van der Waals surface area contributed by atoms with Gasteiger partial charge in [-0.3, -0.25) is 14.4 Å². The minimum atomic E-state index is -0.818. The minimum absolute atomic E-state index is 0.108. The van der Waals surface area contributed by atoms with Crippen LogP contribution in [0.3, 0.4) is 0 Å². The molecule has 0 spiro atoms. The van der Waals surface area contributed by atoms with Crippen molar-refractivity contribution in [2.24, 2.45) is 0 Å². The van der Waals surface area contributed by atoms with Gasteiger partial charge in [0.25, 0.3) is 0 Å². The zero-order valence-electron chi connectivity index (χ0n) is 48.3. The van der Waals surface area contributed by atoms with Crippen molar-refractivity contribution < 1.29 is 28.6 Å². The largest absolute Gasteiger partial charge is 0.462 e. The molecule has 75 heavy (non-hydrogen) atoms. The van der Waals surface area contributed by atoms with E-state index in [2.05, 4.69) is 167 Å². The second-order valence-corrected chi connectivity index (χ2v) is 19.5. The Morgan fingerprint density at radius 1 is 0.280 bits per heavy atom. The van der Waals surface area contributed by atoms with Crippen LogP contribution < -0.4 is 0 Å². The molecule has 6 nitrogen and oxygen atoms in total. The van der Waals surface area contributed by atoms with Crippen molar-refractivity contribution in [1.82, 2.24) is 0 Å². The Hall–Kier alpha value is -4.71. The van der Waals surface area contributed by atoms with Gasteiger partial charge in [0.2, 0.25) is 0 Å². The highest BCUT2D eigenvalue weighted by Crippen LogP contribution is 2.14. The number of hydrogen-bond donors (Lipinski definition) is 0. The highest BCUT2D eigenvalue weighted by Gasteiger charge is 2.19. The summed E-state index contributed by atoms with van der Waals surface area (Å²) in [5.74, 6) is -0.980. The van der Waals surface area contributed by atoms with E-state index in [0.717, 1.165) is 141 Å². The van der Waals surface area contributed by atoms with Gasteiger partial charge < -0.3 is 14.2 Å². The maximum Gasteiger partial charge on any atom is 0.306 e. The lowest BCUT2D eigenvalue weighted by atomic mass is 10.0. The van der Waals surface area contributed by atoms with Crippen molar-refractivity contribution >= 4 is 17.9 Å². The van der Waals surface area contributed by atoms with Crippen molar-refractivity contribution in [2.45, 2.75) is 258 Å². The van der Waals surface area contributed by atoms with Crippen LogP contribution in [0.25, 0.3) is 0 Å². The van der Waals surface area contributed by atoms with Gasteiger partial charge in [-0.2, -0.15) is 0 Å². The normalized spacial score (nSPS) is 13.2. The molecule has 422 valence electrons. The van der Waals surface area contributed by atoms with Gasteiger partial charge in [-0.25, -0.2) is 0 Å². The summed E-state index contributed by atoms with van der Waals surface area (Å²) in [6, 6.07) is 0. The smallest absolute Gasteiger partial charge is 0.306 e. The third kappa shape index (κ3) is 60.0. The van der Waals surface area contributed by atoms with Crippen LogP contribution in [0.2, 0.25) is 0 Å². The molecule has 0 fully saturated rings. The van der Waals surface area contributed by atoms with Crippen LogP contribution >= 0.6 is 0 Å². The molecule has 0 heterocycles. The molecule has 0 radical (unpaired) electrons. The summed E-state index contributed by atoms with van der Waals surface area (Å²) in [5, 5.41) is 0. The zero-order valence-corrected chi connectivity index (χ0v) is 48.3. The Bertz CT molecular complexity index is 1660. The number of esters is 3. The molecule has 0 N–H and O–H groups in total. The SMILES string of the molecule is CC/C=C\C/C=C\C/C=C\C/C=C\C/C=C\C/C=C\CCCCCCC(=O)OCC(COC(=O)CCCCCCCCCCCCCCC)OC(=O)CCCC/C=C\C/C=C\C/C=C\C/C=C\C/C=C\C/C=C\CC. The van der Waals surface area contributed by atoms with E-state index in [4.69, 9.17) is 14.2 Å². The fourth-order valence-corrected chi connectivity index (χ4v) is 7.86. The van der Waals surface area contributed by atoms with E-state index in [9.17, 15) is 14.4 Å². The summed E-state index contributed by atoms with van der Waals surface area (Å²) in [7, 11) is 0. The number of carbonyl (C=O) groups is 3. The summed E-state index contributed by atoms with van der Waals surface area (Å²) >= 11 is 0. The van der Waals surface area contributed by atoms with E-state index in [1.165, 1.54) is 64.2 Å². The number of rotatable bonds is 53. The number of allylic oxidation sites excluding steroid dienone is 24. The third-order valence-electron chi connectivity index (χ3n) is 12.3. The van der Waals surface area contributed by atoms with Crippen LogP contribution in [0.15, 0.2) is 146 Å². The van der Waals surface area contributed by atoms with Gasteiger partial charge >= 0.3 is 17.9 Å². The van der Waals surface area contributed by atoms with E-state index >= 15 is 0 Å². The number of unbranched alkanes of at least 4 members (excludes halogenated alkanes) is 18. The first-order valence-electron chi connectivity index (χ1n) is 30.3. The Labute approximate surface area is 461 Å². The number of ether oxygens (including phenoxy) is 3. The molecule has 1 unspecified atom stereocenters. The molecule has 0 rings (SSSR count). The summed E-state index contributed by atoms with van der Waals surface area (Å²) in [6.07, 6.45) is 88.4. The average Bonchev–Trinajstić information content (AvgIpc) is 3.41. The van der Waals surface area contributed by atoms with Gasteiger partial charge in [-0.15, -0.1) is 0 Å². The maximum atomic E-state index is 12.9. The molecule has 0 amide bonds. The molecule has 0 saturated heterocycles. The first-order chi connectivity index (χ1) is 37.0. The van der Waals surface area contributed by atoms with Crippen LogP contribution in [0.1, 0.15) is 252 Å². The molecule has 1 atom stereocenters. The lowest BCUT2D eigenvalue weighted by Gasteiger charge is -2.18. The monoisotopic (exact) mass is 1030 g/mol. The Balaban J connectivity index is 4.52. The fraction of sp³-hybridized carbons (Fsp3) is 0.609. The van der Waals surface area contributed by atoms with Crippen molar-refractivity contribution in [3.8, 4) is 0 Å². The summed E-state index contributed by atoms with van der Waals surface area (Å²) in [5.41, 5.74) is 0. The van der Waals surface area contributed by atoms with Crippen LogP contribution in [0.4, 0.5) is 0 Å². The molecule has 0 aromatic heterocycles. The lowest BCUT2D eigenvalue weighted by molar-refractivity contribution is -0.167. The Morgan fingerprint density at radius 2 is 0.520 bits per heavy atom. The molecule has 0 saturated carbocycles. The fourth-order valence-electron chi connectivity index (χ4n) is 7.86. The molecule has 0 aromatic rings. The molecule has 6 heteroatoms. The third-order valence-corrected chi connectivity index (χ3v) is 12.3. The first-order valence-corrected chi connectivity index (χ1v) is 30.3. The highest BCUT2D eigenvalue weighted by atomic mass is 16.6. The molecular weight excluding hydrogens is 925 g/mol. The van der Waals surface area contributed by atoms with Crippen molar-refractivity contribution in [1.29, 1.82) is 0 Å². The quantitative estimate of drug-likeness (QED) is 0.0261. The first kappa shape index (κ1) is 70.3. The standard InChI is InChI=1S/C69H110O6/c1-4-7-10-13-16-19-22-25-27-29-31-33-34-36-37-39-41-44-47-50-53-56-59-62-68(71)74-65-66(64-73-67(70)61-58-55-52-49-46-43-24-21-18-15-12-9-6-3)75-69(72)63-60-57-54-51-48-45-42-40-38-35-32-30-28-26-23-20-17-14-11-8-5-2/h7-8,10-11,16-17,19-20,25-28,31-33,35-37,40-42,44,48,51,66H,4-6,9,12-15,18,21-24,29-30,34,38-39,43,45-47,49-50,52-65H2,1-3H3/b10-7-,11-8-,19-16-,20-17-,27-25-,28-26-,33-31-,35-32-,37-36-,42-40-,44-41-,51-48-. The Kier molecular flexibility index (Phi) is 58.0. The minimum Gasteiger partial charge on any atom is -0.462 e. The molecule has 0 aliphatic heterocycles. The van der Waals surface area contributed by atoms with E-state index in [-0.39, 0.29) is 37.5 Å². The number of hydrogen-bond acceptors (Lipinski definition) is 6.